The first kappa shape index (κ1) is 10.0. The zero-order valence-electron chi connectivity index (χ0n) is 7.09. The van der Waals surface area contributed by atoms with Gasteiger partial charge < -0.3 is 10.5 Å². The van der Waals surface area contributed by atoms with Crippen molar-refractivity contribution >= 4 is 5.97 Å². The smallest absolute Gasteiger partial charge is 0.335 e. The molecule has 0 saturated heterocycles. The average Bonchev–Trinajstić information content (AvgIpc) is 2.03. The average molecular weight is 157 g/mol. The summed E-state index contributed by atoms with van der Waals surface area (Å²) in [6.07, 6.45) is 3.19. The van der Waals surface area contributed by atoms with Crippen molar-refractivity contribution in [2.24, 2.45) is 5.73 Å². The summed E-state index contributed by atoms with van der Waals surface area (Å²) in [5.41, 5.74) is 5.57. The van der Waals surface area contributed by atoms with Gasteiger partial charge in [0.15, 0.2) is 0 Å². The first-order valence-electron chi connectivity index (χ1n) is 3.78. The van der Waals surface area contributed by atoms with Crippen LogP contribution in [-0.2, 0) is 9.53 Å². The van der Waals surface area contributed by atoms with E-state index in [4.69, 9.17) is 10.5 Å². The summed E-state index contributed by atoms with van der Waals surface area (Å²) in [6.45, 7) is 4.16. The molecule has 0 aromatic carbocycles. The molecule has 0 spiro atoms. The molecule has 0 aliphatic heterocycles. The number of nitrogens with two attached hydrogens (primary N) is 1. The van der Waals surface area contributed by atoms with Crippen molar-refractivity contribution in [2.75, 3.05) is 6.61 Å². The highest BCUT2D eigenvalue weighted by molar-refractivity contribution is 5.87. The van der Waals surface area contributed by atoms with Crippen molar-refractivity contribution in [3.63, 3.8) is 0 Å². The molecule has 0 saturated carbocycles. The lowest BCUT2D eigenvalue weighted by Gasteiger charge is -2.01. The molecule has 3 heteroatoms. The molecule has 0 radical (unpaired) electrons. The van der Waals surface area contributed by atoms with Gasteiger partial charge in [0, 0.05) is 11.8 Å². The third kappa shape index (κ3) is 4.42. The van der Waals surface area contributed by atoms with Crippen molar-refractivity contribution in [1.82, 2.24) is 0 Å². The van der Waals surface area contributed by atoms with Gasteiger partial charge in [-0.3, -0.25) is 0 Å². The Morgan fingerprint density at radius 1 is 1.64 bits per heavy atom. The van der Waals surface area contributed by atoms with Gasteiger partial charge in [-0.25, -0.2) is 4.79 Å². The Hall–Kier alpha value is -0.990. The van der Waals surface area contributed by atoms with Crippen LogP contribution in [0.3, 0.4) is 0 Å². The molecule has 0 unspecified atom stereocenters. The van der Waals surface area contributed by atoms with Crippen molar-refractivity contribution in [2.45, 2.75) is 26.7 Å². The molecule has 0 amide bonds. The number of esters is 1. The van der Waals surface area contributed by atoms with E-state index < -0.39 is 0 Å². The summed E-state index contributed by atoms with van der Waals surface area (Å²) < 4.78 is 4.85. The van der Waals surface area contributed by atoms with Gasteiger partial charge in [0.1, 0.15) is 0 Å². The molecule has 3 nitrogen and oxygen atoms in total. The van der Waals surface area contributed by atoms with Crippen LogP contribution >= 0.6 is 0 Å². The van der Waals surface area contributed by atoms with Crippen LogP contribution in [0.1, 0.15) is 26.7 Å². The van der Waals surface area contributed by atoms with Crippen LogP contribution in [0.4, 0.5) is 0 Å². The van der Waals surface area contributed by atoms with Crippen molar-refractivity contribution in [3.05, 3.63) is 11.8 Å². The number of unbranched alkanes of at least 4 members (excludes halogenated alkanes) is 1. The van der Waals surface area contributed by atoms with E-state index in [0.29, 0.717) is 12.2 Å². The molecule has 0 aromatic rings. The van der Waals surface area contributed by atoms with E-state index in [2.05, 4.69) is 0 Å². The normalized spacial score (nSPS) is 11.3. The van der Waals surface area contributed by atoms with E-state index in [9.17, 15) is 4.79 Å². The maximum Gasteiger partial charge on any atom is 0.335 e. The minimum Gasteiger partial charge on any atom is -0.462 e. The monoisotopic (exact) mass is 157 g/mol. The quantitative estimate of drug-likeness (QED) is 0.379. The minimum atomic E-state index is -0.319. The Bertz CT molecular complexity index is 152. The van der Waals surface area contributed by atoms with Gasteiger partial charge in [-0.1, -0.05) is 13.3 Å². The Balaban J connectivity index is 3.53. The first-order valence-corrected chi connectivity index (χ1v) is 3.78. The predicted octanol–water partition coefficient (Wildman–Crippen LogP) is 1.19. The van der Waals surface area contributed by atoms with Crippen molar-refractivity contribution < 1.29 is 9.53 Å². The second-order valence-electron chi connectivity index (χ2n) is 2.34. The number of hydrogen-bond acceptors (Lipinski definition) is 3. The molecule has 64 valence electrons. The number of carbonyl (C=O) groups excluding carboxylic acids is 1. The molecule has 0 rings (SSSR count). The van der Waals surface area contributed by atoms with Gasteiger partial charge >= 0.3 is 5.97 Å². The Kier molecular flexibility index (Phi) is 5.25. The number of ether oxygens (including phenoxy) is 1. The SMILES string of the molecule is CCCCOC(=O)/C(C)=C/N. The molecular formula is C8H15NO2. The summed E-state index contributed by atoms with van der Waals surface area (Å²) in [7, 11) is 0. The molecule has 2 N–H and O–H groups in total. The Labute approximate surface area is 67.2 Å². The fourth-order valence-corrected chi connectivity index (χ4v) is 0.491. The minimum absolute atomic E-state index is 0.319. The maximum absolute atomic E-state index is 10.9. The van der Waals surface area contributed by atoms with Crippen LogP contribution in [0.5, 0.6) is 0 Å². The maximum atomic E-state index is 10.9. The molecule has 0 fully saturated rings. The molecule has 0 aliphatic carbocycles. The molecular weight excluding hydrogens is 142 g/mol. The third-order valence-electron chi connectivity index (χ3n) is 1.30. The second-order valence-corrected chi connectivity index (χ2v) is 2.34. The number of carbonyl (C=O) groups is 1. The van der Waals surface area contributed by atoms with Crippen LogP contribution < -0.4 is 5.73 Å². The van der Waals surface area contributed by atoms with Crippen LogP contribution in [0, 0.1) is 0 Å². The van der Waals surface area contributed by atoms with Crippen LogP contribution in [0.2, 0.25) is 0 Å². The Morgan fingerprint density at radius 3 is 2.73 bits per heavy atom. The highest BCUT2D eigenvalue weighted by atomic mass is 16.5. The van der Waals surface area contributed by atoms with E-state index in [1.54, 1.807) is 6.92 Å². The fourth-order valence-electron chi connectivity index (χ4n) is 0.491. The lowest BCUT2D eigenvalue weighted by Crippen LogP contribution is -2.08. The van der Waals surface area contributed by atoms with Gasteiger partial charge in [-0.2, -0.15) is 0 Å². The molecule has 0 bridgehead atoms. The zero-order valence-corrected chi connectivity index (χ0v) is 7.09. The van der Waals surface area contributed by atoms with Gasteiger partial charge in [0.2, 0.25) is 0 Å². The molecule has 0 atom stereocenters. The van der Waals surface area contributed by atoms with E-state index in [1.165, 1.54) is 6.20 Å². The summed E-state index contributed by atoms with van der Waals surface area (Å²) in [5.74, 6) is -0.319. The highest BCUT2D eigenvalue weighted by Gasteiger charge is 2.02. The molecule has 0 heterocycles. The molecule has 0 aliphatic rings. The summed E-state index contributed by atoms with van der Waals surface area (Å²) in [4.78, 5) is 10.9. The van der Waals surface area contributed by atoms with E-state index >= 15 is 0 Å². The van der Waals surface area contributed by atoms with Gasteiger partial charge in [0.05, 0.1) is 6.61 Å². The third-order valence-corrected chi connectivity index (χ3v) is 1.30. The molecule has 0 aromatic heterocycles. The molecule has 11 heavy (non-hydrogen) atoms. The van der Waals surface area contributed by atoms with E-state index in [1.807, 2.05) is 6.92 Å². The van der Waals surface area contributed by atoms with Gasteiger partial charge in [-0.05, 0) is 13.3 Å². The largest absolute Gasteiger partial charge is 0.462 e. The van der Waals surface area contributed by atoms with Gasteiger partial charge in [0.25, 0.3) is 0 Å². The van der Waals surface area contributed by atoms with Crippen LogP contribution in [0.25, 0.3) is 0 Å². The Morgan fingerprint density at radius 2 is 2.27 bits per heavy atom. The first-order chi connectivity index (χ1) is 5.22. The number of hydrogen-bond donors (Lipinski definition) is 1. The van der Waals surface area contributed by atoms with Crippen molar-refractivity contribution in [3.8, 4) is 0 Å². The van der Waals surface area contributed by atoms with E-state index in [-0.39, 0.29) is 5.97 Å². The summed E-state index contributed by atoms with van der Waals surface area (Å²) in [6, 6.07) is 0. The predicted molar refractivity (Wildman–Crippen MR) is 43.8 cm³/mol. The topological polar surface area (TPSA) is 52.3 Å². The fraction of sp³-hybridized carbons (Fsp3) is 0.625. The zero-order chi connectivity index (χ0) is 8.69. The standard InChI is InChI=1S/C8H15NO2/c1-3-4-5-11-8(10)7(2)6-9/h6H,3-5,9H2,1-2H3/b7-6+. The number of rotatable bonds is 4. The highest BCUT2D eigenvalue weighted by Crippen LogP contribution is 1.95. The lowest BCUT2D eigenvalue weighted by molar-refractivity contribution is -0.139. The van der Waals surface area contributed by atoms with E-state index in [0.717, 1.165) is 12.8 Å². The summed E-state index contributed by atoms with van der Waals surface area (Å²) in [5, 5.41) is 0. The van der Waals surface area contributed by atoms with Crippen LogP contribution in [0.15, 0.2) is 11.8 Å². The second kappa shape index (κ2) is 5.77. The lowest BCUT2D eigenvalue weighted by atomic mass is 10.3. The van der Waals surface area contributed by atoms with Crippen molar-refractivity contribution in [1.29, 1.82) is 0 Å². The van der Waals surface area contributed by atoms with Gasteiger partial charge in [-0.15, -0.1) is 0 Å². The van der Waals surface area contributed by atoms with Crippen LogP contribution in [-0.4, -0.2) is 12.6 Å². The summed E-state index contributed by atoms with van der Waals surface area (Å²) >= 11 is 0.